The van der Waals surface area contributed by atoms with Gasteiger partial charge in [-0.15, -0.1) is 0 Å². The maximum atomic E-state index is 5.30. The van der Waals surface area contributed by atoms with Crippen molar-refractivity contribution in [1.82, 2.24) is 15.0 Å². The molecular weight excluding hydrogens is 753 g/mol. The first-order valence-electron chi connectivity index (χ1n) is 21.1. The van der Waals surface area contributed by atoms with E-state index in [1.54, 1.807) is 0 Å². The molecule has 1 aliphatic carbocycles. The smallest absolute Gasteiger partial charge is 0.164 e. The Kier molecular flexibility index (Phi) is 8.36. The minimum atomic E-state index is -0.540. The Morgan fingerprint density at radius 1 is 0.274 bits per heavy atom. The fourth-order valence-corrected chi connectivity index (χ4v) is 9.78. The molecule has 1 spiro atoms. The minimum Gasteiger partial charge on any atom is -0.310 e. The number of para-hydroxylation sites is 2. The Hall–Kier alpha value is -8.21. The Balaban J connectivity index is 1.05. The summed E-state index contributed by atoms with van der Waals surface area (Å²) >= 11 is 0. The Morgan fingerprint density at radius 2 is 0.694 bits per heavy atom. The summed E-state index contributed by atoms with van der Waals surface area (Å²) < 4.78 is 0. The van der Waals surface area contributed by atoms with Gasteiger partial charge in [0.15, 0.2) is 17.5 Å². The molecule has 0 N–H and O–H groups in total. The molecule has 0 unspecified atom stereocenters. The third-order valence-electron chi connectivity index (χ3n) is 12.5. The normalized spacial score (nSPS) is 12.9. The number of anilines is 3. The van der Waals surface area contributed by atoms with Gasteiger partial charge in [-0.05, 0) is 86.0 Å². The molecule has 2 heterocycles. The lowest BCUT2D eigenvalue weighted by Gasteiger charge is -2.45. The van der Waals surface area contributed by atoms with Crippen molar-refractivity contribution < 1.29 is 0 Å². The van der Waals surface area contributed by atoms with Crippen LogP contribution in [0.5, 0.6) is 0 Å². The standard InChI is InChI=1S/C58H38N4/c1-4-17-39(18-5-1)40-31-33-41(34-32-40)43-21-16-22-44(37-43)56-59-55(42-19-6-2-7-20-42)60-57(61-56)45-35-36-52-54(38-45)62(46-23-8-3-9-24-46)53-30-15-14-29-51(53)58(52)49-27-12-10-25-47(49)48-26-11-13-28-50(48)58/h1-38H. The van der Waals surface area contributed by atoms with Crippen LogP contribution in [0.3, 0.4) is 0 Å². The molecular formula is C58H38N4. The monoisotopic (exact) mass is 790 g/mol. The summed E-state index contributed by atoms with van der Waals surface area (Å²) in [4.78, 5) is 18.1. The zero-order chi connectivity index (χ0) is 41.0. The number of hydrogen-bond acceptors (Lipinski definition) is 4. The van der Waals surface area contributed by atoms with Crippen LogP contribution in [-0.2, 0) is 5.41 Å². The van der Waals surface area contributed by atoms with Gasteiger partial charge in [-0.2, -0.15) is 0 Å². The first-order valence-corrected chi connectivity index (χ1v) is 21.1. The molecule has 1 aliphatic heterocycles. The quantitative estimate of drug-likeness (QED) is 0.168. The predicted octanol–water partition coefficient (Wildman–Crippen LogP) is 14.4. The Bertz CT molecular complexity index is 3240. The van der Waals surface area contributed by atoms with Crippen molar-refractivity contribution in [2.45, 2.75) is 5.41 Å². The van der Waals surface area contributed by atoms with Gasteiger partial charge in [-0.1, -0.05) is 200 Å². The van der Waals surface area contributed by atoms with Crippen molar-refractivity contribution in [2.24, 2.45) is 0 Å². The van der Waals surface area contributed by atoms with E-state index in [1.165, 1.54) is 44.5 Å². The molecule has 1 aromatic heterocycles. The number of nitrogens with zero attached hydrogens (tertiary/aromatic N) is 4. The SMILES string of the molecule is c1ccc(-c2ccc(-c3cccc(-c4nc(-c5ccccc5)nc(-c5ccc6c(c5)N(c5ccccc5)c5ccccc5C65c6ccccc6-c6ccccc65)n4)c3)cc2)cc1. The van der Waals surface area contributed by atoms with Gasteiger partial charge in [0.2, 0.25) is 0 Å². The van der Waals surface area contributed by atoms with Crippen LogP contribution in [0.2, 0.25) is 0 Å². The Morgan fingerprint density at radius 3 is 1.34 bits per heavy atom. The second kappa shape index (κ2) is 14.5. The van der Waals surface area contributed by atoms with E-state index >= 15 is 0 Å². The van der Waals surface area contributed by atoms with Gasteiger partial charge in [-0.25, -0.2) is 15.0 Å². The molecule has 0 radical (unpaired) electrons. The third kappa shape index (κ3) is 5.65. The van der Waals surface area contributed by atoms with Crippen LogP contribution in [0.25, 0.3) is 67.5 Å². The van der Waals surface area contributed by atoms with Crippen molar-refractivity contribution in [3.8, 4) is 67.5 Å². The molecule has 0 fully saturated rings. The molecule has 0 amide bonds. The molecule has 4 heteroatoms. The number of benzene rings is 9. The highest BCUT2D eigenvalue weighted by atomic mass is 15.2. The largest absolute Gasteiger partial charge is 0.310 e. The summed E-state index contributed by atoms with van der Waals surface area (Å²) in [6.07, 6.45) is 0. The molecule has 2 aliphatic rings. The van der Waals surface area contributed by atoms with Crippen molar-refractivity contribution >= 4 is 17.1 Å². The Labute approximate surface area is 361 Å². The van der Waals surface area contributed by atoms with Gasteiger partial charge in [0.25, 0.3) is 0 Å². The highest BCUT2D eigenvalue weighted by Crippen LogP contribution is 2.63. The topological polar surface area (TPSA) is 41.9 Å². The van der Waals surface area contributed by atoms with Crippen LogP contribution in [0.4, 0.5) is 17.1 Å². The summed E-state index contributed by atoms with van der Waals surface area (Å²) in [5, 5.41) is 0. The average molecular weight is 791 g/mol. The van der Waals surface area contributed by atoms with Crippen molar-refractivity contribution in [1.29, 1.82) is 0 Å². The van der Waals surface area contributed by atoms with Crippen LogP contribution >= 0.6 is 0 Å². The molecule has 4 nitrogen and oxygen atoms in total. The van der Waals surface area contributed by atoms with Crippen molar-refractivity contribution in [2.75, 3.05) is 4.90 Å². The lowest BCUT2D eigenvalue weighted by Crippen LogP contribution is -2.36. The number of fused-ring (bicyclic) bond motifs is 9. The zero-order valence-corrected chi connectivity index (χ0v) is 33.7. The van der Waals surface area contributed by atoms with Crippen LogP contribution in [0, 0.1) is 0 Å². The molecule has 0 bridgehead atoms. The van der Waals surface area contributed by atoms with E-state index in [9.17, 15) is 0 Å². The molecule has 0 atom stereocenters. The lowest BCUT2D eigenvalue weighted by molar-refractivity contribution is 0.752. The molecule has 0 saturated heterocycles. The highest BCUT2D eigenvalue weighted by Gasteiger charge is 2.51. The first-order chi connectivity index (χ1) is 30.7. The maximum absolute atomic E-state index is 5.30. The molecule has 290 valence electrons. The van der Waals surface area contributed by atoms with Crippen LogP contribution in [-0.4, -0.2) is 15.0 Å². The van der Waals surface area contributed by atoms with Gasteiger partial charge < -0.3 is 4.90 Å². The molecule has 10 aromatic rings. The van der Waals surface area contributed by atoms with Gasteiger partial charge >= 0.3 is 0 Å². The highest BCUT2D eigenvalue weighted by molar-refractivity contribution is 5.96. The van der Waals surface area contributed by atoms with Gasteiger partial charge in [0, 0.05) is 22.4 Å². The van der Waals surface area contributed by atoms with E-state index in [1.807, 2.05) is 24.3 Å². The average Bonchev–Trinajstić information content (AvgIpc) is 3.65. The zero-order valence-electron chi connectivity index (χ0n) is 33.7. The fraction of sp³-hybridized carbons (Fsp3) is 0.0172. The summed E-state index contributed by atoms with van der Waals surface area (Å²) in [5.74, 6) is 1.86. The molecule has 12 rings (SSSR count). The summed E-state index contributed by atoms with van der Waals surface area (Å²) in [6, 6.07) is 82.2. The minimum absolute atomic E-state index is 0.540. The summed E-state index contributed by atoms with van der Waals surface area (Å²) in [6.45, 7) is 0. The third-order valence-corrected chi connectivity index (χ3v) is 12.5. The molecule has 9 aromatic carbocycles. The number of rotatable bonds is 6. The van der Waals surface area contributed by atoms with E-state index in [0.29, 0.717) is 17.5 Å². The van der Waals surface area contributed by atoms with E-state index in [-0.39, 0.29) is 0 Å². The molecule has 0 saturated carbocycles. The van der Waals surface area contributed by atoms with Crippen molar-refractivity contribution in [3.63, 3.8) is 0 Å². The number of hydrogen-bond donors (Lipinski definition) is 0. The van der Waals surface area contributed by atoms with E-state index < -0.39 is 5.41 Å². The lowest BCUT2D eigenvalue weighted by atomic mass is 9.64. The first kappa shape index (κ1) is 35.7. The van der Waals surface area contributed by atoms with E-state index in [2.05, 4.69) is 211 Å². The maximum Gasteiger partial charge on any atom is 0.164 e. The van der Waals surface area contributed by atoms with Crippen LogP contribution < -0.4 is 4.90 Å². The predicted molar refractivity (Wildman–Crippen MR) is 253 cm³/mol. The van der Waals surface area contributed by atoms with Gasteiger partial charge in [0.05, 0.1) is 16.8 Å². The van der Waals surface area contributed by atoms with Crippen LogP contribution in [0.15, 0.2) is 231 Å². The van der Waals surface area contributed by atoms with Crippen LogP contribution in [0.1, 0.15) is 22.3 Å². The van der Waals surface area contributed by atoms with E-state index in [0.717, 1.165) is 44.9 Å². The second-order valence-corrected chi connectivity index (χ2v) is 16.0. The van der Waals surface area contributed by atoms with Gasteiger partial charge in [-0.3, -0.25) is 0 Å². The fourth-order valence-electron chi connectivity index (χ4n) is 9.78. The van der Waals surface area contributed by atoms with Crippen molar-refractivity contribution in [3.05, 3.63) is 253 Å². The summed E-state index contributed by atoms with van der Waals surface area (Å²) in [7, 11) is 0. The van der Waals surface area contributed by atoms with Gasteiger partial charge in [0.1, 0.15) is 0 Å². The van der Waals surface area contributed by atoms with E-state index in [4.69, 9.17) is 15.0 Å². The number of aromatic nitrogens is 3. The second-order valence-electron chi connectivity index (χ2n) is 16.0. The summed E-state index contributed by atoms with van der Waals surface area (Å²) in [5.41, 5.74) is 17.7. The molecule has 62 heavy (non-hydrogen) atoms.